The van der Waals surface area contributed by atoms with E-state index in [4.69, 9.17) is 10.2 Å². The normalized spacial score (nSPS) is 17.8. The lowest BCUT2D eigenvalue weighted by molar-refractivity contribution is -0.118. The van der Waals surface area contributed by atoms with E-state index in [0.717, 1.165) is 28.9 Å². The molecule has 0 aliphatic carbocycles. The molecular formula is C22H26ClN5O2. The molecule has 0 fully saturated rings. The van der Waals surface area contributed by atoms with Gasteiger partial charge in [-0.2, -0.15) is 0 Å². The summed E-state index contributed by atoms with van der Waals surface area (Å²) in [5.41, 5.74) is 9.50. The lowest BCUT2D eigenvalue weighted by Gasteiger charge is -2.40. The average Bonchev–Trinajstić information content (AvgIpc) is 3.23. The third kappa shape index (κ3) is 4.17. The van der Waals surface area contributed by atoms with E-state index >= 15 is 0 Å². The SMILES string of the molecule is CCC(=O)N1c2ccccc2[C@H](Nc2ccc(-c3nnc(CN)o3)cc2)C[C@@H]1C.Cl. The number of hydrogen-bond acceptors (Lipinski definition) is 6. The summed E-state index contributed by atoms with van der Waals surface area (Å²) in [7, 11) is 0. The molecule has 0 radical (unpaired) electrons. The van der Waals surface area contributed by atoms with Crippen LogP contribution < -0.4 is 16.0 Å². The van der Waals surface area contributed by atoms with E-state index in [1.807, 2.05) is 54.3 Å². The first-order chi connectivity index (χ1) is 14.1. The van der Waals surface area contributed by atoms with Gasteiger partial charge in [-0.3, -0.25) is 4.79 Å². The van der Waals surface area contributed by atoms with Gasteiger partial charge in [0.25, 0.3) is 0 Å². The molecule has 0 unspecified atom stereocenters. The van der Waals surface area contributed by atoms with Crippen molar-refractivity contribution < 1.29 is 9.21 Å². The average molecular weight is 428 g/mol. The minimum Gasteiger partial charge on any atom is -0.419 e. The Morgan fingerprint density at radius 2 is 1.93 bits per heavy atom. The van der Waals surface area contributed by atoms with Gasteiger partial charge in [-0.25, -0.2) is 0 Å². The smallest absolute Gasteiger partial charge is 0.247 e. The van der Waals surface area contributed by atoms with Gasteiger partial charge in [0.15, 0.2) is 0 Å². The number of carbonyl (C=O) groups excluding carboxylic acids is 1. The first-order valence-electron chi connectivity index (χ1n) is 9.91. The molecule has 0 spiro atoms. The second kappa shape index (κ2) is 9.28. The predicted octanol–water partition coefficient (Wildman–Crippen LogP) is 4.31. The highest BCUT2D eigenvalue weighted by Crippen LogP contribution is 2.39. The zero-order valence-corrected chi connectivity index (χ0v) is 17.9. The van der Waals surface area contributed by atoms with Crippen molar-refractivity contribution in [2.45, 2.75) is 45.3 Å². The monoisotopic (exact) mass is 427 g/mol. The molecule has 30 heavy (non-hydrogen) atoms. The molecule has 7 nitrogen and oxygen atoms in total. The summed E-state index contributed by atoms with van der Waals surface area (Å²) in [6.07, 6.45) is 1.34. The number of rotatable bonds is 5. The number of nitrogens with one attached hydrogen (secondary N) is 1. The highest BCUT2D eigenvalue weighted by Gasteiger charge is 2.32. The van der Waals surface area contributed by atoms with E-state index in [1.165, 1.54) is 0 Å². The summed E-state index contributed by atoms with van der Waals surface area (Å²) in [4.78, 5) is 14.4. The summed E-state index contributed by atoms with van der Waals surface area (Å²) < 4.78 is 5.51. The number of hydrogen-bond donors (Lipinski definition) is 2. The summed E-state index contributed by atoms with van der Waals surface area (Å²) >= 11 is 0. The molecule has 2 atom stereocenters. The van der Waals surface area contributed by atoms with Crippen LogP contribution in [0.1, 0.15) is 44.2 Å². The van der Waals surface area contributed by atoms with Gasteiger partial charge in [0.2, 0.25) is 17.7 Å². The molecule has 1 aliphatic rings. The summed E-state index contributed by atoms with van der Waals surface area (Å²) in [5.74, 6) is 1.03. The fourth-order valence-corrected chi connectivity index (χ4v) is 3.86. The molecule has 3 N–H and O–H groups in total. The van der Waals surface area contributed by atoms with E-state index in [1.54, 1.807) is 0 Å². The molecule has 158 valence electrons. The molecule has 0 bridgehead atoms. The molecule has 2 aromatic carbocycles. The minimum atomic E-state index is 0. The minimum absolute atomic E-state index is 0. The maximum atomic E-state index is 12.5. The van der Waals surface area contributed by atoms with Crippen LogP contribution in [0.15, 0.2) is 52.9 Å². The molecule has 1 aliphatic heterocycles. The lowest BCUT2D eigenvalue weighted by Crippen LogP contribution is -2.44. The van der Waals surface area contributed by atoms with Crippen molar-refractivity contribution in [1.82, 2.24) is 10.2 Å². The highest BCUT2D eigenvalue weighted by molar-refractivity contribution is 5.95. The molecule has 0 saturated carbocycles. The maximum Gasteiger partial charge on any atom is 0.247 e. The van der Waals surface area contributed by atoms with Crippen LogP contribution in [-0.2, 0) is 11.3 Å². The van der Waals surface area contributed by atoms with Gasteiger partial charge < -0.3 is 20.4 Å². The molecule has 1 amide bonds. The first kappa shape index (κ1) is 21.8. The predicted molar refractivity (Wildman–Crippen MR) is 120 cm³/mol. The lowest BCUT2D eigenvalue weighted by atomic mass is 9.91. The van der Waals surface area contributed by atoms with Gasteiger partial charge in [0.05, 0.1) is 12.6 Å². The Labute approximate surface area is 182 Å². The molecular weight excluding hydrogens is 402 g/mol. The molecule has 2 heterocycles. The van der Waals surface area contributed by atoms with Crippen LogP contribution in [0.2, 0.25) is 0 Å². The quantitative estimate of drug-likeness (QED) is 0.629. The van der Waals surface area contributed by atoms with Gasteiger partial charge in [0.1, 0.15) is 0 Å². The second-order valence-electron chi connectivity index (χ2n) is 7.24. The van der Waals surface area contributed by atoms with Crippen LogP contribution in [0.4, 0.5) is 11.4 Å². The summed E-state index contributed by atoms with van der Waals surface area (Å²) in [5, 5.41) is 11.5. The topological polar surface area (TPSA) is 97.3 Å². The Bertz CT molecular complexity index is 1000. The van der Waals surface area contributed by atoms with E-state index in [-0.39, 0.29) is 36.9 Å². The van der Waals surface area contributed by atoms with E-state index in [0.29, 0.717) is 18.2 Å². The van der Waals surface area contributed by atoms with E-state index < -0.39 is 0 Å². The standard InChI is InChI=1S/C22H25N5O2.ClH/c1-3-21(28)27-14(2)12-18(17-6-4-5-7-19(17)27)24-16-10-8-15(9-11-16)22-26-25-20(13-23)29-22;/h4-11,14,18,24H,3,12-13,23H2,1-2H3;1H/t14-,18+;/m0./s1. The fraction of sp³-hybridized carbons (Fsp3) is 0.318. The Morgan fingerprint density at radius 3 is 2.60 bits per heavy atom. The third-order valence-electron chi connectivity index (χ3n) is 5.27. The first-order valence-corrected chi connectivity index (χ1v) is 9.91. The maximum absolute atomic E-state index is 12.5. The Balaban J connectivity index is 0.00000256. The molecule has 0 saturated heterocycles. The summed E-state index contributed by atoms with van der Waals surface area (Å²) in [6.45, 7) is 4.23. The van der Waals surface area contributed by atoms with Crippen LogP contribution in [0.3, 0.4) is 0 Å². The largest absolute Gasteiger partial charge is 0.419 e. The van der Waals surface area contributed by atoms with Crippen molar-refractivity contribution in [3.8, 4) is 11.5 Å². The number of halogens is 1. The van der Waals surface area contributed by atoms with Crippen molar-refractivity contribution in [2.75, 3.05) is 10.2 Å². The van der Waals surface area contributed by atoms with Crippen molar-refractivity contribution in [3.63, 3.8) is 0 Å². The number of carbonyl (C=O) groups is 1. The molecule has 4 rings (SSSR count). The second-order valence-corrected chi connectivity index (χ2v) is 7.24. The van der Waals surface area contributed by atoms with Crippen molar-refractivity contribution in [1.29, 1.82) is 0 Å². The molecule has 8 heteroatoms. The Morgan fingerprint density at radius 1 is 1.20 bits per heavy atom. The number of nitrogens with two attached hydrogens (primary N) is 1. The number of para-hydroxylation sites is 1. The molecule has 3 aromatic rings. The van der Waals surface area contributed by atoms with Crippen LogP contribution in [0.5, 0.6) is 0 Å². The van der Waals surface area contributed by atoms with Gasteiger partial charge in [-0.05, 0) is 49.2 Å². The highest BCUT2D eigenvalue weighted by atomic mass is 35.5. The van der Waals surface area contributed by atoms with E-state index in [9.17, 15) is 4.79 Å². The van der Waals surface area contributed by atoms with Crippen molar-refractivity contribution >= 4 is 29.7 Å². The van der Waals surface area contributed by atoms with E-state index in [2.05, 4.69) is 28.5 Å². The number of anilines is 2. The Kier molecular flexibility index (Phi) is 6.74. The Hall–Kier alpha value is -2.90. The van der Waals surface area contributed by atoms with Crippen LogP contribution in [0.25, 0.3) is 11.5 Å². The van der Waals surface area contributed by atoms with Gasteiger partial charge in [0, 0.05) is 29.4 Å². The number of benzene rings is 2. The van der Waals surface area contributed by atoms with Crippen LogP contribution >= 0.6 is 12.4 Å². The zero-order chi connectivity index (χ0) is 20.4. The molecule has 1 aromatic heterocycles. The number of fused-ring (bicyclic) bond motifs is 1. The fourth-order valence-electron chi connectivity index (χ4n) is 3.86. The van der Waals surface area contributed by atoms with Crippen molar-refractivity contribution in [3.05, 3.63) is 60.0 Å². The summed E-state index contributed by atoms with van der Waals surface area (Å²) in [6, 6.07) is 16.3. The van der Waals surface area contributed by atoms with Crippen LogP contribution in [0, 0.1) is 0 Å². The van der Waals surface area contributed by atoms with Gasteiger partial charge in [-0.1, -0.05) is 25.1 Å². The van der Waals surface area contributed by atoms with Gasteiger partial charge in [-0.15, -0.1) is 22.6 Å². The number of amides is 1. The zero-order valence-electron chi connectivity index (χ0n) is 17.0. The number of nitrogens with zero attached hydrogens (tertiary/aromatic N) is 3. The van der Waals surface area contributed by atoms with Gasteiger partial charge >= 0.3 is 0 Å². The third-order valence-corrected chi connectivity index (χ3v) is 5.27. The van der Waals surface area contributed by atoms with Crippen LogP contribution in [-0.4, -0.2) is 22.1 Å². The number of aromatic nitrogens is 2. The van der Waals surface area contributed by atoms with Crippen molar-refractivity contribution in [2.24, 2.45) is 5.73 Å².